The molecular weight excluding hydrogens is 274 g/mol. The molecule has 0 radical (unpaired) electrons. The average molecular weight is 295 g/mol. The fourth-order valence-electron chi connectivity index (χ4n) is 1.86. The van der Waals surface area contributed by atoms with Crippen LogP contribution < -0.4 is 10.1 Å². The van der Waals surface area contributed by atoms with Crippen molar-refractivity contribution in [2.45, 2.75) is 19.4 Å². The molecule has 0 heterocycles. The molecule has 0 aliphatic carbocycles. The number of esters is 1. The zero-order chi connectivity index (χ0) is 15.7. The summed E-state index contributed by atoms with van der Waals surface area (Å²) in [5.41, 5.74) is 0.812. The van der Waals surface area contributed by atoms with E-state index in [-0.39, 0.29) is 18.9 Å². The van der Waals surface area contributed by atoms with Gasteiger partial charge in [0.05, 0.1) is 14.2 Å². The number of hydrogen-bond donors (Lipinski definition) is 1. The van der Waals surface area contributed by atoms with Crippen molar-refractivity contribution in [3.05, 3.63) is 29.8 Å². The van der Waals surface area contributed by atoms with Crippen molar-refractivity contribution in [1.82, 2.24) is 5.32 Å². The van der Waals surface area contributed by atoms with E-state index in [2.05, 4.69) is 5.32 Å². The van der Waals surface area contributed by atoms with Crippen LogP contribution in [0.2, 0.25) is 0 Å². The van der Waals surface area contributed by atoms with Crippen molar-refractivity contribution in [1.29, 1.82) is 0 Å². The molecule has 6 nitrogen and oxygen atoms in total. The molecule has 1 amide bonds. The first-order valence-electron chi connectivity index (χ1n) is 6.69. The fourth-order valence-corrected chi connectivity index (χ4v) is 1.86. The van der Waals surface area contributed by atoms with Crippen molar-refractivity contribution in [2.24, 2.45) is 0 Å². The first kappa shape index (κ1) is 17.0. The summed E-state index contributed by atoms with van der Waals surface area (Å²) < 4.78 is 15.0. The van der Waals surface area contributed by atoms with Gasteiger partial charge in [-0.3, -0.25) is 4.79 Å². The number of hydrogen-bond acceptors (Lipinski definition) is 5. The summed E-state index contributed by atoms with van der Waals surface area (Å²) in [5, 5.41) is 2.61. The van der Waals surface area contributed by atoms with Gasteiger partial charge in [-0.25, -0.2) is 4.79 Å². The average Bonchev–Trinajstić information content (AvgIpc) is 2.51. The molecule has 0 saturated carbocycles. The Balaban J connectivity index is 2.78. The quantitative estimate of drug-likeness (QED) is 0.722. The Bertz CT molecular complexity index is 475. The van der Waals surface area contributed by atoms with Gasteiger partial charge in [-0.15, -0.1) is 0 Å². The molecule has 0 spiro atoms. The third kappa shape index (κ3) is 5.43. The lowest BCUT2D eigenvalue weighted by Crippen LogP contribution is -2.44. The molecule has 0 aliphatic heterocycles. The van der Waals surface area contributed by atoms with Gasteiger partial charge < -0.3 is 19.5 Å². The summed E-state index contributed by atoms with van der Waals surface area (Å²) in [6.07, 6.45) is 0.286. The van der Waals surface area contributed by atoms with E-state index in [0.717, 1.165) is 5.56 Å². The number of amides is 1. The lowest BCUT2D eigenvalue weighted by molar-refractivity contribution is -0.145. The van der Waals surface area contributed by atoms with Crippen LogP contribution in [0.1, 0.15) is 12.5 Å². The molecule has 0 bridgehead atoms. The van der Waals surface area contributed by atoms with Crippen molar-refractivity contribution >= 4 is 11.9 Å². The van der Waals surface area contributed by atoms with E-state index in [1.807, 2.05) is 18.2 Å². The number of nitrogens with one attached hydrogen (secondary N) is 1. The molecule has 1 rings (SSSR count). The Hall–Kier alpha value is -2.08. The summed E-state index contributed by atoms with van der Waals surface area (Å²) in [7, 11) is 2.84. The molecule has 1 aromatic carbocycles. The third-order valence-electron chi connectivity index (χ3n) is 2.87. The maximum atomic E-state index is 11.8. The highest BCUT2D eigenvalue weighted by atomic mass is 16.5. The number of ether oxygens (including phenoxy) is 3. The van der Waals surface area contributed by atoms with Crippen LogP contribution >= 0.6 is 0 Å². The second-order valence-corrected chi connectivity index (χ2v) is 4.30. The predicted octanol–water partition coefficient (Wildman–Crippen LogP) is 0.932. The highest BCUT2D eigenvalue weighted by Gasteiger charge is 2.23. The molecule has 6 heteroatoms. The minimum absolute atomic E-state index is 0.0874. The molecule has 1 N–H and O–H groups in total. The van der Waals surface area contributed by atoms with Gasteiger partial charge in [-0.1, -0.05) is 18.2 Å². The number of benzene rings is 1. The van der Waals surface area contributed by atoms with E-state index in [9.17, 15) is 9.59 Å². The summed E-state index contributed by atoms with van der Waals surface area (Å²) >= 11 is 0. The lowest BCUT2D eigenvalue weighted by atomic mass is 10.0. The molecular formula is C15H21NO5. The molecule has 0 fully saturated rings. The highest BCUT2D eigenvalue weighted by Crippen LogP contribution is 2.19. The van der Waals surface area contributed by atoms with Crippen molar-refractivity contribution in [3.8, 4) is 5.75 Å². The van der Waals surface area contributed by atoms with Crippen LogP contribution in [0, 0.1) is 0 Å². The minimum atomic E-state index is -0.778. The van der Waals surface area contributed by atoms with Crippen molar-refractivity contribution < 1.29 is 23.8 Å². The summed E-state index contributed by atoms with van der Waals surface area (Å²) in [5.74, 6) is -0.210. The van der Waals surface area contributed by atoms with Crippen LogP contribution in [0.25, 0.3) is 0 Å². The molecule has 1 atom stereocenters. The van der Waals surface area contributed by atoms with Crippen LogP contribution in [0.15, 0.2) is 24.3 Å². The van der Waals surface area contributed by atoms with E-state index in [1.54, 1.807) is 20.1 Å². The number of rotatable bonds is 8. The zero-order valence-corrected chi connectivity index (χ0v) is 12.5. The lowest BCUT2D eigenvalue weighted by Gasteiger charge is -2.18. The van der Waals surface area contributed by atoms with E-state index in [4.69, 9.17) is 14.2 Å². The van der Waals surface area contributed by atoms with Crippen LogP contribution in [0.3, 0.4) is 0 Å². The SMILES string of the molecule is CCOCC(=O)N[C@@H](Cc1ccccc1OC)C(=O)OC. The smallest absolute Gasteiger partial charge is 0.328 e. The monoisotopic (exact) mass is 295 g/mol. The maximum absolute atomic E-state index is 11.8. The van der Waals surface area contributed by atoms with Crippen LogP contribution in [-0.4, -0.2) is 45.4 Å². The van der Waals surface area contributed by atoms with Crippen molar-refractivity contribution in [2.75, 3.05) is 27.4 Å². The van der Waals surface area contributed by atoms with Gasteiger partial charge in [0.1, 0.15) is 18.4 Å². The van der Waals surface area contributed by atoms with E-state index >= 15 is 0 Å². The Morgan fingerprint density at radius 3 is 2.57 bits per heavy atom. The second-order valence-electron chi connectivity index (χ2n) is 4.30. The fraction of sp³-hybridized carbons (Fsp3) is 0.467. The molecule has 0 aliphatic rings. The number of carbonyl (C=O) groups excluding carboxylic acids is 2. The first-order chi connectivity index (χ1) is 10.1. The van der Waals surface area contributed by atoms with Gasteiger partial charge in [0.15, 0.2) is 0 Å². The third-order valence-corrected chi connectivity index (χ3v) is 2.87. The number of methoxy groups -OCH3 is 2. The van der Waals surface area contributed by atoms with Gasteiger partial charge in [-0.2, -0.15) is 0 Å². The highest BCUT2D eigenvalue weighted by molar-refractivity contribution is 5.85. The van der Waals surface area contributed by atoms with Crippen LogP contribution in [0.4, 0.5) is 0 Å². The van der Waals surface area contributed by atoms with Gasteiger partial charge in [-0.05, 0) is 18.6 Å². The molecule has 0 aromatic heterocycles. The Morgan fingerprint density at radius 1 is 1.24 bits per heavy atom. The van der Waals surface area contributed by atoms with Gasteiger partial charge in [0, 0.05) is 13.0 Å². The molecule has 0 unspecified atom stereocenters. The van der Waals surface area contributed by atoms with E-state index < -0.39 is 12.0 Å². The Kier molecular flexibility index (Phi) is 7.25. The minimum Gasteiger partial charge on any atom is -0.496 e. The molecule has 1 aromatic rings. The predicted molar refractivity (Wildman–Crippen MR) is 77.1 cm³/mol. The topological polar surface area (TPSA) is 73.9 Å². The zero-order valence-electron chi connectivity index (χ0n) is 12.5. The standard InChI is InChI=1S/C15H21NO5/c1-4-21-10-14(17)16-12(15(18)20-3)9-11-7-5-6-8-13(11)19-2/h5-8,12H,4,9-10H2,1-3H3,(H,16,17)/t12-/m0/s1. The molecule has 0 saturated heterocycles. The maximum Gasteiger partial charge on any atom is 0.328 e. The molecule has 21 heavy (non-hydrogen) atoms. The Morgan fingerprint density at radius 2 is 1.95 bits per heavy atom. The number of para-hydroxylation sites is 1. The Labute approximate surface area is 124 Å². The summed E-state index contributed by atoms with van der Waals surface area (Å²) in [6.45, 7) is 2.14. The largest absolute Gasteiger partial charge is 0.496 e. The summed E-state index contributed by atoms with van der Waals surface area (Å²) in [4.78, 5) is 23.5. The normalized spacial score (nSPS) is 11.6. The van der Waals surface area contributed by atoms with Gasteiger partial charge in [0.25, 0.3) is 0 Å². The summed E-state index contributed by atoms with van der Waals surface area (Å²) in [6, 6.07) is 6.53. The van der Waals surface area contributed by atoms with E-state index in [0.29, 0.717) is 12.4 Å². The van der Waals surface area contributed by atoms with E-state index in [1.165, 1.54) is 7.11 Å². The molecule has 116 valence electrons. The second kappa shape index (κ2) is 8.97. The van der Waals surface area contributed by atoms with Crippen LogP contribution in [0.5, 0.6) is 5.75 Å². The first-order valence-corrected chi connectivity index (χ1v) is 6.69. The van der Waals surface area contributed by atoms with Crippen molar-refractivity contribution in [3.63, 3.8) is 0 Å². The van der Waals surface area contributed by atoms with Crippen LogP contribution in [-0.2, 0) is 25.5 Å². The van der Waals surface area contributed by atoms with Gasteiger partial charge >= 0.3 is 5.97 Å². The number of carbonyl (C=O) groups is 2. The van der Waals surface area contributed by atoms with Gasteiger partial charge in [0.2, 0.25) is 5.91 Å².